The van der Waals surface area contributed by atoms with Gasteiger partial charge in [0, 0.05) is 12.6 Å². The number of carboxylic acid groups (broad SMARTS) is 1. The van der Waals surface area contributed by atoms with E-state index in [1.54, 1.807) is 0 Å². The molecule has 0 radical (unpaired) electrons. The van der Waals surface area contributed by atoms with E-state index < -0.39 is 12.0 Å². The third kappa shape index (κ3) is 3.42. The molecule has 0 aromatic carbocycles. The summed E-state index contributed by atoms with van der Waals surface area (Å²) in [7, 11) is 0. The Labute approximate surface area is 103 Å². The second kappa shape index (κ2) is 5.83. The Morgan fingerprint density at radius 2 is 2.24 bits per heavy atom. The predicted molar refractivity (Wildman–Crippen MR) is 65.0 cm³/mol. The van der Waals surface area contributed by atoms with Gasteiger partial charge < -0.3 is 9.84 Å². The summed E-state index contributed by atoms with van der Waals surface area (Å²) in [4.78, 5) is 11.2. The Morgan fingerprint density at radius 1 is 1.47 bits per heavy atom. The van der Waals surface area contributed by atoms with E-state index in [0.717, 1.165) is 32.3 Å². The number of ether oxygens (including phenoxy) is 1. The molecule has 3 atom stereocenters. The van der Waals surface area contributed by atoms with Gasteiger partial charge in [-0.3, -0.25) is 10.1 Å². The van der Waals surface area contributed by atoms with E-state index in [9.17, 15) is 9.90 Å². The molecule has 2 aliphatic rings. The molecule has 0 aromatic rings. The largest absolute Gasteiger partial charge is 0.480 e. The summed E-state index contributed by atoms with van der Waals surface area (Å²) in [5.41, 5.74) is 0. The quantitative estimate of drug-likeness (QED) is 0.713. The van der Waals surface area contributed by atoms with Gasteiger partial charge in [0.25, 0.3) is 0 Å². The Balaban J connectivity index is 1.85. The van der Waals surface area contributed by atoms with Gasteiger partial charge in [0.05, 0.1) is 6.10 Å². The zero-order chi connectivity index (χ0) is 12.3. The van der Waals surface area contributed by atoms with Crippen molar-refractivity contribution in [1.82, 2.24) is 5.32 Å². The lowest BCUT2D eigenvalue weighted by Gasteiger charge is -2.23. The van der Waals surface area contributed by atoms with Crippen molar-refractivity contribution in [2.45, 2.75) is 63.6 Å². The van der Waals surface area contributed by atoms with E-state index in [0.29, 0.717) is 5.92 Å². The first-order valence-corrected chi connectivity index (χ1v) is 6.82. The second-order valence-electron chi connectivity index (χ2n) is 5.27. The van der Waals surface area contributed by atoms with Gasteiger partial charge in [0.2, 0.25) is 0 Å². The number of hydrogen-bond acceptors (Lipinski definition) is 3. The van der Waals surface area contributed by atoms with Crippen molar-refractivity contribution in [1.29, 1.82) is 0 Å². The summed E-state index contributed by atoms with van der Waals surface area (Å²) in [6.07, 6.45) is 6.44. The lowest BCUT2D eigenvalue weighted by molar-refractivity contribution is -0.140. The van der Waals surface area contributed by atoms with Gasteiger partial charge >= 0.3 is 5.97 Å². The van der Waals surface area contributed by atoms with Crippen LogP contribution in [0, 0.1) is 5.92 Å². The van der Waals surface area contributed by atoms with Crippen molar-refractivity contribution in [3.8, 4) is 0 Å². The molecule has 1 aliphatic heterocycles. The van der Waals surface area contributed by atoms with Crippen molar-refractivity contribution >= 4 is 5.97 Å². The fourth-order valence-corrected chi connectivity index (χ4v) is 2.62. The lowest BCUT2D eigenvalue weighted by Crippen LogP contribution is -2.47. The molecule has 1 saturated heterocycles. The van der Waals surface area contributed by atoms with Crippen LogP contribution in [0.5, 0.6) is 0 Å². The maximum Gasteiger partial charge on any atom is 0.320 e. The lowest BCUT2D eigenvalue weighted by atomic mass is 10.0. The topological polar surface area (TPSA) is 58.6 Å². The summed E-state index contributed by atoms with van der Waals surface area (Å²) in [5.74, 6) is -0.0458. The standard InChI is InChI=1S/C13H23NO3/c1-2-3-4-11(13(15)16)14-10-7-8-17-12(10)9-5-6-9/h9-12,14H,2-8H2,1H3,(H,15,16). The second-order valence-corrected chi connectivity index (χ2v) is 5.27. The molecule has 1 heterocycles. The van der Waals surface area contributed by atoms with Gasteiger partial charge in [-0.1, -0.05) is 19.8 Å². The van der Waals surface area contributed by atoms with Crippen LogP contribution < -0.4 is 5.32 Å². The first kappa shape index (κ1) is 12.8. The molecule has 98 valence electrons. The van der Waals surface area contributed by atoms with E-state index in [1.807, 2.05) is 0 Å². The van der Waals surface area contributed by atoms with Crippen LogP contribution in [0.3, 0.4) is 0 Å². The van der Waals surface area contributed by atoms with Crippen molar-refractivity contribution in [2.75, 3.05) is 6.61 Å². The van der Waals surface area contributed by atoms with E-state index >= 15 is 0 Å². The van der Waals surface area contributed by atoms with Crippen LogP contribution in [0.1, 0.15) is 45.4 Å². The molecule has 4 heteroatoms. The predicted octanol–water partition coefficient (Wildman–Crippen LogP) is 1.79. The highest BCUT2D eigenvalue weighted by Gasteiger charge is 2.41. The summed E-state index contributed by atoms with van der Waals surface area (Å²) >= 11 is 0. The van der Waals surface area contributed by atoms with E-state index in [4.69, 9.17) is 4.74 Å². The molecule has 2 rings (SSSR count). The summed E-state index contributed by atoms with van der Waals surface area (Å²) in [5, 5.41) is 12.5. The minimum Gasteiger partial charge on any atom is -0.480 e. The fourth-order valence-electron chi connectivity index (χ4n) is 2.62. The summed E-state index contributed by atoms with van der Waals surface area (Å²) in [6, 6.07) is -0.150. The van der Waals surface area contributed by atoms with Crippen LogP contribution >= 0.6 is 0 Å². The molecule has 0 amide bonds. The minimum atomic E-state index is -0.722. The molecule has 0 bridgehead atoms. The Morgan fingerprint density at radius 3 is 2.82 bits per heavy atom. The average Bonchev–Trinajstić information content (AvgIpc) is 3.04. The Hall–Kier alpha value is -0.610. The molecule has 3 unspecified atom stereocenters. The third-order valence-corrected chi connectivity index (χ3v) is 3.78. The molecule has 1 aliphatic carbocycles. The van der Waals surface area contributed by atoms with Gasteiger partial charge in [-0.2, -0.15) is 0 Å². The molecule has 0 spiro atoms. The third-order valence-electron chi connectivity index (χ3n) is 3.78. The number of unbranched alkanes of at least 4 members (excludes halogenated alkanes) is 1. The smallest absolute Gasteiger partial charge is 0.320 e. The van der Waals surface area contributed by atoms with Gasteiger partial charge in [-0.15, -0.1) is 0 Å². The Bertz CT molecular complexity index is 265. The van der Waals surface area contributed by atoms with Gasteiger partial charge in [0.15, 0.2) is 0 Å². The molecule has 17 heavy (non-hydrogen) atoms. The van der Waals surface area contributed by atoms with Crippen LogP contribution in [0.4, 0.5) is 0 Å². The first-order valence-electron chi connectivity index (χ1n) is 6.82. The van der Waals surface area contributed by atoms with Crippen molar-refractivity contribution in [2.24, 2.45) is 5.92 Å². The molecule has 0 aromatic heterocycles. The van der Waals surface area contributed by atoms with Gasteiger partial charge in [-0.05, 0) is 31.6 Å². The Kier molecular flexibility index (Phi) is 4.40. The molecule has 2 N–H and O–H groups in total. The first-order chi connectivity index (χ1) is 8.22. The zero-order valence-corrected chi connectivity index (χ0v) is 10.5. The molecular formula is C13H23NO3. The molecule has 1 saturated carbocycles. The van der Waals surface area contributed by atoms with Crippen LogP contribution in [-0.2, 0) is 9.53 Å². The number of nitrogens with one attached hydrogen (secondary N) is 1. The number of hydrogen-bond donors (Lipinski definition) is 2. The number of rotatable bonds is 7. The number of carbonyl (C=O) groups is 1. The van der Waals surface area contributed by atoms with Crippen LogP contribution in [0.25, 0.3) is 0 Å². The molecular weight excluding hydrogens is 218 g/mol. The van der Waals surface area contributed by atoms with Crippen LogP contribution in [-0.4, -0.2) is 35.9 Å². The zero-order valence-electron chi connectivity index (χ0n) is 10.5. The van der Waals surface area contributed by atoms with Crippen molar-refractivity contribution in [3.63, 3.8) is 0 Å². The summed E-state index contributed by atoms with van der Waals surface area (Å²) < 4.78 is 5.72. The van der Waals surface area contributed by atoms with E-state index in [2.05, 4.69) is 12.2 Å². The minimum absolute atomic E-state index is 0.250. The highest BCUT2D eigenvalue weighted by Crippen LogP contribution is 2.38. The SMILES string of the molecule is CCCCC(NC1CCOC1C1CC1)C(=O)O. The van der Waals surface area contributed by atoms with Crippen molar-refractivity contribution < 1.29 is 14.6 Å². The molecule has 2 fully saturated rings. The van der Waals surface area contributed by atoms with E-state index in [1.165, 1.54) is 12.8 Å². The number of aliphatic carboxylic acids is 1. The van der Waals surface area contributed by atoms with Crippen LogP contribution in [0.15, 0.2) is 0 Å². The van der Waals surface area contributed by atoms with E-state index in [-0.39, 0.29) is 12.1 Å². The van der Waals surface area contributed by atoms with Gasteiger partial charge in [0.1, 0.15) is 6.04 Å². The number of carboxylic acids is 1. The normalized spacial score (nSPS) is 30.4. The highest BCUT2D eigenvalue weighted by molar-refractivity contribution is 5.73. The monoisotopic (exact) mass is 241 g/mol. The fraction of sp³-hybridized carbons (Fsp3) is 0.923. The maximum atomic E-state index is 11.2. The molecule has 4 nitrogen and oxygen atoms in total. The van der Waals surface area contributed by atoms with Crippen molar-refractivity contribution in [3.05, 3.63) is 0 Å². The highest BCUT2D eigenvalue weighted by atomic mass is 16.5. The van der Waals surface area contributed by atoms with Gasteiger partial charge in [-0.25, -0.2) is 0 Å². The average molecular weight is 241 g/mol. The summed E-state index contributed by atoms with van der Waals surface area (Å²) in [6.45, 7) is 2.86. The van der Waals surface area contributed by atoms with Crippen LogP contribution in [0.2, 0.25) is 0 Å². The maximum absolute atomic E-state index is 11.2.